The predicted octanol–water partition coefficient (Wildman–Crippen LogP) is 11.1. The van der Waals surface area contributed by atoms with E-state index in [-0.39, 0.29) is 0 Å². The maximum atomic E-state index is 2.45. The van der Waals surface area contributed by atoms with E-state index in [1.54, 1.807) is 0 Å². The lowest BCUT2D eigenvalue weighted by Gasteiger charge is -2.12. The molecule has 0 atom stereocenters. The number of para-hydroxylation sites is 3. The third-order valence-electron chi connectivity index (χ3n) is 9.74. The standard InChI is InChI=1S/C43H28N2/c1-2-11-32(12-3-1)44-40-16-8-6-14-35(40)37-22-19-28(25-42(37)44)29-20-23-38-36-15-7-9-17-41(36)45(43(38)26-29)33-21-18-31-24-30-10-4-5-13-34(30)39(31)27-33/h1-23,25-27H,24H2. The van der Waals surface area contributed by atoms with Crippen molar-refractivity contribution in [2.24, 2.45) is 0 Å². The summed E-state index contributed by atoms with van der Waals surface area (Å²) >= 11 is 0. The summed E-state index contributed by atoms with van der Waals surface area (Å²) in [6.45, 7) is 0. The van der Waals surface area contributed by atoms with Crippen LogP contribution in [0.2, 0.25) is 0 Å². The number of hydrogen-bond donors (Lipinski definition) is 0. The van der Waals surface area contributed by atoms with Gasteiger partial charge in [0.2, 0.25) is 0 Å². The molecule has 2 heteroatoms. The van der Waals surface area contributed by atoms with Gasteiger partial charge in [0.25, 0.3) is 0 Å². The van der Waals surface area contributed by atoms with Crippen LogP contribution >= 0.6 is 0 Å². The molecule has 0 radical (unpaired) electrons. The largest absolute Gasteiger partial charge is 0.309 e. The lowest BCUT2D eigenvalue weighted by atomic mass is 10.0. The van der Waals surface area contributed by atoms with Crippen molar-refractivity contribution in [3.05, 3.63) is 169 Å². The van der Waals surface area contributed by atoms with Gasteiger partial charge in [-0.2, -0.15) is 0 Å². The van der Waals surface area contributed by atoms with Crippen molar-refractivity contribution in [2.75, 3.05) is 0 Å². The third kappa shape index (κ3) is 3.57. The fraction of sp³-hybridized carbons (Fsp3) is 0.0233. The van der Waals surface area contributed by atoms with E-state index in [1.165, 1.54) is 88.4 Å². The number of rotatable bonds is 3. The molecule has 210 valence electrons. The minimum Gasteiger partial charge on any atom is -0.309 e. The second-order valence-electron chi connectivity index (χ2n) is 12.2. The molecule has 0 unspecified atom stereocenters. The summed E-state index contributed by atoms with van der Waals surface area (Å²) < 4.78 is 4.85. The van der Waals surface area contributed by atoms with Crippen LogP contribution in [-0.4, -0.2) is 9.13 Å². The van der Waals surface area contributed by atoms with Gasteiger partial charge in [-0.15, -0.1) is 0 Å². The molecule has 0 aliphatic heterocycles. The second-order valence-corrected chi connectivity index (χ2v) is 12.2. The first-order valence-corrected chi connectivity index (χ1v) is 15.7. The van der Waals surface area contributed by atoms with Crippen LogP contribution in [0.3, 0.4) is 0 Å². The first kappa shape index (κ1) is 24.6. The Bertz CT molecular complexity index is 2620. The van der Waals surface area contributed by atoms with Crippen LogP contribution in [0.15, 0.2) is 158 Å². The molecule has 2 aromatic heterocycles. The maximum absolute atomic E-state index is 2.45. The van der Waals surface area contributed by atoms with Crippen LogP contribution in [0.5, 0.6) is 0 Å². The van der Waals surface area contributed by atoms with E-state index in [1.807, 2.05) is 0 Å². The fourth-order valence-electron chi connectivity index (χ4n) is 7.68. The molecular weight excluding hydrogens is 544 g/mol. The molecule has 9 aromatic rings. The average molecular weight is 573 g/mol. The molecule has 2 nitrogen and oxygen atoms in total. The first-order valence-electron chi connectivity index (χ1n) is 15.7. The normalized spacial score (nSPS) is 12.4. The Morgan fingerprint density at radius 3 is 1.56 bits per heavy atom. The summed E-state index contributed by atoms with van der Waals surface area (Å²) in [5.74, 6) is 0. The molecule has 2 heterocycles. The zero-order chi connectivity index (χ0) is 29.5. The smallest absolute Gasteiger partial charge is 0.0547 e. The minimum atomic E-state index is 1.01. The number of benzene rings is 7. The molecule has 1 aliphatic rings. The topological polar surface area (TPSA) is 9.86 Å². The van der Waals surface area contributed by atoms with Crippen molar-refractivity contribution >= 4 is 43.6 Å². The third-order valence-corrected chi connectivity index (χ3v) is 9.74. The van der Waals surface area contributed by atoms with Crippen LogP contribution in [0, 0.1) is 0 Å². The molecule has 0 fully saturated rings. The number of fused-ring (bicyclic) bond motifs is 9. The summed E-state index contributed by atoms with van der Waals surface area (Å²) in [5.41, 5.74) is 15.2. The van der Waals surface area contributed by atoms with Crippen molar-refractivity contribution in [2.45, 2.75) is 6.42 Å². The van der Waals surface area contributed by atoms with E-state index >= 15 is 0 Å². The Labute approximate surface area is 261 Å². The first-order chi connectivity index (χ1) is 22.3. The highest BCUT2D eigenvalue weighted by Crippen LogP contribution is 2.41. The van der Waals surface area contributed by atoms with Gasteiger partial charge in [-0.1, -0.05) is 109 Å². The Kier molecular flexibility index (Phi) is 5.09. The molecule has 0 bridgehead atoms. The second kappa shape index (κ2) is 9.32. The van der Waals surface area contributed by atoms with Gasteiger partial charge in [-0.05, 0) is 88.3 Å². The van der Waals surface area contributed by atoms with Gasteiger partial charge in [-0.3, -0.25) is 0 Å². The lowest BCUT2D eigenvalue weighted by Crippen LogP contribution is -1.95. The summed E-state index contributed by atoms with van der Waals surface area (Å²) in [7, 11) is 0. The zero-order valence-electron chi connectivity index (χ0n) is 24.6. The van der Waals surface area contributed by atoms with Gasteiger partial charge in [-0.25, -0.2) is 0 Å². The summed E-state index contributed by atoms with van der Waals surface area (Å²) in [6.07, 6.45) is 1.01. The summed E-state index contributed by atoms with van der Waals surface area (Å²) in [5, 5.41) is 5.10. The zero-order valence-corrected chi connectivity index (χ0v) is 24.6. The van der Waals surface area contributed by atoms with Gasteiger partial charge < -0.3 is 9.13 Å². The quantitative estimate of drug-likeness (QED) is 0.199. The van der Waals surface area contributed by atoms with Gasteiger partial charge in [0.15, 0.2) is 0 Å². The van der Waals surface area contributed by atoms with E-state index in [0.717, 1.165) is 6.42 Å². The molecule has 10 rings (SSSR count). The van der Waals surface area contributed by atoms with E-state index in [9.17, 15) is 0 Å². The van der Waals surface area contributed by atoms with E-state index in [0.29, 0.717) is 0 Å². The van der Waals surface area contributed by atoms with Crippen molar-refractivity contribution in [3.8, 4) is 33.6 Å². The van der Waals surface area contributed by atoms with Crippen molar-refractivity contribution < 1.29 is 0 Å². The lowest BCUT2D eigenvalue weighted by molar-refractivity contribution is 1.17. The Hall–Kier alpha value is -5.86. The highest BCUT2D eigenvalue weighted by molar-refractivity contribution is 6.12. The minimum absolute atomic E-state index is 1.01. The molecule has 0 N–H and O–H groups in total. The highest BCUT2D eigenvalue weighted by atomic mass is 15.0. The SMILES string of the molecule is c1ccc(-n2c3ccccc3c3ccc(-c4ccc5c6ccccc6n(-c6ccc7c(c6)-c6ccccc6C7)c5c4)cc32)cc1. The van der Waals surface area contributed by atoms with E-state index in [4.69, 9.17) is 0 Å². The van der Waals surface area contributed by atoms with Crippen molar-refractivity contribution in [1.82, 2.24) is 9.13 Å². The number of aromatic nitrogens is 2. The molecule has 7 aromatic carbocycles. The van der Waals surface area contributed by atoms with Crippen molar-refractivity contribution in [1.29, 1.82) is 0 Å². The monoisotopic (exact) mass is 572 g/mol. The van der Waals surface area contributed by atoms with Gasteiger partial charge in [0.1, 0.15) is 0 Å². The highest BCUT2D eigenvalue weighted by Gasteiger charge is 2.20. The van der Waals surface area contributed by atoms with Gasteiger partial charge in [0.05, 0.1) is 22.1 Å². The molecule has 0 saturated heterocycles. The fourth-order valence-corrected chi connectivity index (χ4v) is 7.68. The summed E-state index contributed by atoms with van der Waals surface area (Å²) in [6, 6.07) is 58.0. The van der Waals surface area contributed by atoms with Crippen LogP contribution in [0.1, 0.15) is 11.1 Å². The average Bonchev–Trinajstić information content (AvgIpc) is 3.75. The molecule has 0 saturated carbocycles. The van der Waals surface area contributed by atoms with Crippen LogP contribution < -0.4 is 0 Å². The van der Waals surface area contributed by atoms with E-state index < -0.39 is 0 Å². The van der Waals surface area contributed by atoms with Gasteiger partial charge >= 0.3 is 0 Å². The van der Waals surface area contributed by atoms with Crippen molar-refractivity contribution in [3.63, 3.8) is 0 Å². The number of hydrogen-bond acceptors (Lipinski definition) is 0. The van der Waals surface area contributed by atoms with Crippen LogP contribution in [0.25, 0.3) is 77.2 Å². The molecular formula is C43H28N2. The Morgan fingerprint density at radius 1 is 0.333 bits per heavy atom. The predicted molar refractivity (Wildman–Crippen MR) is 189 cm³/mol. The summed E-state index contributed by atoms with van der Waals surface area (Å²) in [4.78, 5) is 0. The molecule has 45 heavy (non-hydrogen) atoms. The maximum Gasteiger partial charge on any atom is 0.0547 e. The van der Waals surface area contributed by atoms with Gasteiger partial charge in [0, 0.05) is 32.9 Å². The Balaban J connectivity index is 1.20. The van der Waals surface area contributed by atoms with E-state index in [2.05, 4.69) is 167 Å². The number of nitrogens with zero attached hydrogens (tertiary/aromatic N) is 2. The molecule has 0 amide bonds. The molecule has 0 spiro atoms. The van der Waals surface area contributed by atoms with Crippen LogP contribution in [-0.2, 0) is 6.42 Å². The molecule has 1 aliphatic carbocycles. The van der Waals surface area contributed by atoms with Crippen LogP contribution in [0.4, 0.5) is 0 Å². The Morgan fingerprint density at radius 2 is 0.867 bits per heavy atom.